The fourth-order valence-electron chi connectivity index (χ4n) is 1.26. The Labute approximate surface area is 98.0 Å². The average molecular weight is 226 g/mol. The molecule has 0 bridgehead atoms. The van der Waals surface area contributed by atoms with Crippen LogP contribution in [0.4, 0.5) is 0 Å². The minimum atomic E-state index is -0.553. The van der Waals surface area contributed by atoms with Crippen LogP contribution in [0.15, 0.2) is 0 Å². The molecular weight excluding hydrogens is 204 g/mol. The van der Waals surface area contributed by atoms with Crippen molar-refractivity contribution in [2.24, 2.45) is 11.8 Å². The second kappa shape index (κ2) is 8.12. The van der Waals surface area contributed by atoms with Gasteiger partial charge in [0.25, 0.3) is 0 Å². The molecule has 0 aliphatic rings. The molecule has 0 fully saturated rings. The van der Waals surface area contributed by atoms with Crippen LogP contribution in [0, 0.1) is 23.2 Å². The van der Waals surface area contributed by atoms with Gasteiger partial charge in [-0.05, 0) is 19.3 Å². The fourth-order valence-corrected chi connectivity index (χ4v) is 1.26. The van der Waals surface area contributed by atoms with Gasteiger partial charge < -0.3 is 10.1 Å². The van der Waals surface area contributed by atoms with Gasteiger partial charge in [0.2, 0.25) is 5.91 Å². The van der Waals surface area contributed by atoms with Gasteiger partial charge in [0.15, 0.2) is 0 Å². The lowest BCUT2D eigenvalue weighted by molar-refractivity contribution is -0.125. The number of amides is 1. The first-order valence-electron chi connectivity index (χ1n) is 5.84. The second-order valence-electron chi connectivity index (χ2n) is 4.11. The SMILES string of the molecule is CCOCC(NC(=O)C(C#N)CC)C(C)C. The minimum absolute atomic E-state index is 0.0187. The van der Waals surface area contributed by atoms with E-state index in [4.69, 9.17) is 10.00 Å². The van der Waals surface area contributed by atoms with Crippen LogP contribution < -0.4 is 5.32 Å². The summed E-state index contributed by atoms with van der Waals surface area (Å²) in [6.45, 7) is 8.94. The number of ether oxygens (including phenoxy) is 1. The highest BCUT2D eigenvalue weighted by molar-refractivity contribution is 5.81. The van der Waals surface area contributed by atoms with Crippen molar-refractivity contribution in [2.75, 3.05) is 13.2 Å². The monoisotopic (exact) mass is 226 g/mol. The van der Waals surface area contributed by atoms with Gasteiger partial charge in [-0.1, -0.05) is 20.8 Å². The molecule has 0 aromatic carbocycles. The topological polar surface area (TPSA) is 62.1 Å². The molecule has 0 aliphatic carbocycles. The number of carbonyl (C=O) groups is 1. The van der Waals surface area contributed by atoms with Gasteiger partial charge in [-0.15, -0.1) is 0 Å². The number of carbonyl (C=O) groups excluding carboxylic acids is 1. The van der Waals surface area contributed by atoms with Crippen LogP contribution >= 0.6 is 0 Å². The van der Waals surface area contributed by atoms with E-state index < -0.39 is 5.92 Å². The van der Waals surface area contributed by atoms with E-state index in [2.05, 4.69) is 5.32 Å². The molecule has 2 atom stereocenters. The third kappa shape index (κ3) is 5.13. The fraction of sp³-hybridized carbons (Fsp3) is 0.833. The molecule has 0 aliphatic heterocycles. The van der Waals surface area contributed by atoms with Crippen LogP contribution in [0.5, 0.6) is 0 Å². The first-order chi connectivity index (χ1) is 7.56. The zero-order chi connectivity index (χ0) is 12.6. The van der Waals surface area contributed by atoms with Gasteiger partial charge in [-0.2, -0.15) is 5.26 Å². The first-order valence-corrected chi connectivity index (χ1v) is 5.84. The van der Waals surface area contributed by atoms with E-state index in [1.807, 2.05) is 33.8 Å². The van der Waals surface area contributed by atoms with Crippen molar-refractivity contribution in [3.05, 3.63) is 0 Å². The normalized spacial score (nSPS) is 14.2. The number of rotatable bonds is 7. The average Bonchev–Trinajstić information content (AvgIpc) is 2.25. The highest BCUT2D eigenvalue weighted by atomic mass is 16.5. The summed E-state index contributed by atoms with van der Waals surface area (Å²) in [7, 11) is 0. The number of nitrogens with one attached hydrogen (secondary N) is 1. The predicted octanol–water partition coefficient (Wildman–Crippen LogP) is 1.71. The molecule has 92 valence electrons. The lowest BCUT2D eigenvalue weighted by Gasteiger charge is -2.23. The summed E-state index contributed by atoms with van der Waals surface area (Å²) < 4.78 is 5.31. The predicted molar refractivity (Wildman–Crippen MR) is 62.7 cm³/mol. The van der Waals surface area contributed by atoms with E-state index in [0.29, 0.717) is 25.6 Å². The van der Waals surface area contributed by atoms with Crippen LogP contribution in [0.2, 0.25) is 0 Å². The summed E-state index contributed by atoms with van der Waals surface area (Å²) in [4.78, 5) is 11.7. The third-order valence-electron chi connectivity index (χ3n) is 2.51. The maximum Gasteiger partial charge on any atom is 0.237 e. The van der Waals surface area contributed by atoms with Crippen molar-refractivity contribution in [1.82, 2.24) is 5.32 Å². The number of hydrogen-bond donors (Lipinski definition) is 1. The lowest BCUT2D eigenvalue weighted by atomic mass is 10.0. The Hall–Kier alpha value is -1.08. The van der Waals surface area contributed by atoms with Crippen LogP contribution in [0.3, 0.4) is 0 Å². The van der Waals surface area contributed by atoms with Crippen molar-refractivity contribution in [3.8, 4) is 6.07 Å². The number of nitriles is 1. The summed E-state index contributed by atoms with van der Waals surface area (Å²) in [5.74, 6) is -0.446. The molecular formula is C12H22N2O2. The van der Waals surface area contributed by atoms with Gasteiger partial charge in [0, 0.05) is 6.61 Å². The molecule has 4 nitrogen and oxygen atoms in total. The van der Waals surface area contributed by atoms with Gasteiger partial charge in [0.1, 0.15) is 5.92 Å². The van der Waals surface area contributed by atoms with Crippen LogP contribution in [0.25, 0.3) is 0 Å². The second-order valence-corrected chi connectivity index (χ2v) is 4.11. The summed E-state index contributed by atoms with van der Waals surface area (Å²) in [6.07, 6.45) is 0.543. The van der Waals surface area contributed by atoms with Crippen LogP contribution in [-0.2, 0) is 9.53 Å². The van der Waals surface area contributed by atoms with Crippen molar-refractivity contribution in [2.45, 2.75) is 40.2 Å². The maximum absolute atomic E-state index is 11.7. The van der Waals surface area contributed by atoms with Crippen molar-refractivity contribution in [1.29, 1.82) is 5.26 Å². The first kappa shape index (κ1) is 14.9. The minimum Gasteiger partial charge on any atom is -0.380 e. The quantitative estimate of drug-likeness (QED) is 0.719. The molecule has 0 aromatic heterocycles. The molecule has 0 heterocycles. The van der Waals surface area contributed by atoms with Gasteiger partial charge in [-0.3, -0.25) is 4.79 Å². The molecule has 2 unspecified atom stereocenters. The van der Waals surface area contributed by atoms with Gasteiger partial charge in [0.05, 0.1) is 18.7 Å². The number of hydrogen-bond acceptors (Lipinski definition) is 3. The zero-order valence-corrected chi connectivity index (χ0v) is 10.6. The van der Waals surface area contributed by atoms with E-state index in [1.165, 1.54) is 0 Å². The Morgan fingerprint density at radius 3 is 2.44 bits per heavy atom. The molecule has 1 N–H and O–H groups in total. The maximum atomic E-state index is 11.7. The largest absolute Gasteiger partial charge is 0.380 e. The smallest absolute Gasteiger partial charge is 0.237 e. The lowest BCUT2D eigenvalue weighted by Crippen LogP contribution is -2.44. The summed E-state index contributed by atoms with van der Waals surface area (Å²) >= 11 is 0. The zero-order valence-electron chi connectivity index (χ0n) is 10.6. The van der Waals surface area contributed by atoms with Gasteiger partial charge >= 0.3 is 0 Å². The highest BCUT2D eigenvalue weighted by Gasteiger charge is 2.21. The summed E-state index contributed by atoms with van der Waals surface area (Å²) in [6, 6.07) is 1.98. The molecule has 0 saturated heterocycles. The van der Waals surface area contributed by atoms with Crippen molar-refractivity contribution >= 4 is 5.91 Å². The van der Waals surface area contributed by atoms with E-state index in [0.717, 1.165) is 0 Å². The standard InChI is InChI=1S/C12H22N2O2/c1-5-10(7-13)12(15)14-11(9(3)4)8-16-6-2/h9-11H,5-6,8H2,1-4H3,(H,14,15). The van der Waals surface area contributed by atoms with E-state index in [-0.39, 0.29) is 11.9 Å². The van der Waals surface area contributed by atoms with E-state index in [9.17, 15) is 4.79 Å². The Morgan fingerprint density at radius 2 is 2.06 bits per heavy atom. The Balaban J connectivity index is 4.28. The Morgan fingerprint density at radius 1 is 1.44 bits per heavy atom. The third-order valence-corrected chi connectivity index (χ3v) is 2.51. The molecule has 16 heavy (non-hydrogen) atoms. The molecule has 0 rings (SSSR count). The summed E-state index contributed by atoms with van der Waals surface area (Å²) in [5.41, 5.74) is 0. The Kier molecular flexibility index (Phi) is 7.57. The van der Waals surface area contributed by atoms with Crippen LogP contribution in [-0.4, -0.2) is 25.2 Å². The molecule has 0 saturated carbocycles. The van der Waals surface area contributed by atoms with E-state index in [1.54, 1.807) is 0 Å². The van der Waals surface area contributed by atoms with Crippen molar-refractivity contribution in [3.63, 3.8) is 0 Å². The molecule has 0 spiro atoms. The van der Waals surface area contributed by atoms with E-state index >= 15 is 0 Å². The molecule has 1 amide bonds. The van der Waals surface area contributed by atoms with Crippen molar-refractivity contribution < 1.29 is 9.53 Å². The molecule has 4 heteroatoms. The van der Waals surface area contributed by atoms with Crippen LogP contribution in [0.1, 0.15) is 34.1 Å². The molecule has 0 radical (unpaired) electrons. The summed E-state index contributed by atoms with van der Waals surface area (Å²) in [5, 5.41) is 11.6. The highest BCUT2D eigenvalue weighted by Crippen LogP contribution is 2.06. The number of nitrogens with zero attached hydrogens (tertiary/aromatic N) is 1. The Bertz CT molecular complexity index is 246. The molecule has 0 aromatic rings. The van der Waals surface area contributed by atoms with Gasteiger partial charge in [-0.25, -0.2) is 0 Å².